The Kier molecular flexibility index (Phi) is 5.27. The third-order valence-electron chi connectivity index (χ3n) is 5.22. The lowest BCUT2D eigenvalue weighted by Gasteiger charge is -2.35. The number of nitrogens with zero attached hydrogens (tertiary/aromatic N) is 3. The van der Waals surface area contributed by atoms with Crippen LogP contribution in [0.3, 0.4) is 0 Å². The first-order valence-electron chi connectivity index (χ1n) is 9.52. The highest BCUT2D eigenvalue weighted by Crippen LogP contribution is 2.25. The lowest BCUT2D eigenvalue weighted by atomic mass is 9.96. The molecule has 7 heteroatoms. The van der Waals surface area contributed by atoms with E-state index in [-0.39, 0.29) is 5.91 Å². The average Bonchev–Trinajstić information content (AvgIpc) is 2.75. The van der Waals surface area contributed by atoms with Crippen LogP contribution in [-0.4, -0.2) is 49.4 Å². The van der Waals surface area contributed by atoms with Gasteiger partial charge < -0.3 is 10.2 Å². The van der Waals surface area contributed by atoms with E-state index in [2.05, 4.69) is 26.5 Å². The van der Waals surface area contributed by atoms with Crippen LogP contribution in [0.15, 0.2) is 54.7 Å². The molecule has 1 fully saturated rings. The van der Waals surface area contributed by atoms with E-state index in [0.29, 0.717) is 23.2 Å². The number of carbonyl (C=O) groups is 2. The zero-order chi connectivity index (χ0) is 20.2. The van der Waals surface area contributed by atoms with Gasteiger partial charge in [-0.1, -0.05) is 18.2 Å². The van der Waals surface area contributed by atoms with Crippen molar-refractivity contribution in [2.45, 2.75) is 0 Å². The highest BCUT2D eigenvalue weighted by atomic mass is 16.2. The van der Waals surface area contributed by atoms with Crippen molar-refractivity contribution >= 4 is 28.8 Å². The van der Waals surface area contributed by atoms with Crippen molar-refractivity contribution in [3.8, 4) is 6.07 Å². The second-order valence-electron chi connectivity index (χ2n) is 7.00. The third-order valence-corrected chi connectivity index (χ3v) is 5.22. The largest absolute Gasteiger partial charge is 0.369 e. The van der Waals surface area contributed by atoms with Gasteiger partial charge in [-0.25, -0.2) is 0 Å². The van der Waals surface area contributed by atoms with Crippen LogP contribution in [0.5, 0.6) is 0 Å². The molecular formula is C22H21N5O2. The van der Waals surface area contributed by atoms with Gasteiger partial charge in [0.15, 0.2) is 0 Å². The molecule has 0 aromatic heterocycles. The number of nitrogens with one attached hydrogen (secondary N) is 2. The summed E-state index contributed by atoms with van der Waals surface area (Å²) in [6.45, 7) is 4.03. The summed E-state index contributed by atoms with van der Waals surface area (Å²) >= 11 is 0. The molecule has 0 spiro atoms. The molecule has 7 nitrogen and oxygen atoms in total. The number of piperazine rings is 1. The van der Waals surface area contributed by atoms with E-state index in [9.17, 15) is 9.59 Å². The quantitative estimate of drug-likeness (QED) is 0.474. The number of benzene rings is 2. The second kappa shape index (κ2) is 8.17. The van der Waals surface area contributed by atoms with Crippen molar-refractivity contribution in [3.63, 3.8) is 0 Å². The maximum Gasteiger partial charge on any atom is 0.260 e. The Morgan fingerprint density at radius 1 is 0.966 bits per heavy atom. The first kappa shape index (κ1) is 18.7. The van der Waals surface area contributed by atoms with Crippen molar-refractivity contribution in [3.05, 3.63) is 65.9 Å². The van der Waals surface area contributed by atoms with E-state index in [0.717, 1.165) is 37.6 Å². The first-order valence-corrected chi connectivity index (χ1v) is 9.52. The van der Waals surface area contributed by atoms with Gasteiger partial charge in [-0.15, -0.1) is 0 Å². The smallest absolute Gasteiger partial charge is 0.260 e. The third kappa shape index (κ3) is 3.98. The van der Waals surface area contributed by atoms with Crippen molar-refractivity contribution in [1.82, 2.24) is 10.2 Å². The van der Waals surface area contributed by atoms with Gasteiger partial charge in [-0.2, -0.15) is 5.26 Å². The fourth-order valence-electron chi connectivity index (χ4n) is 3.61. The number of anilines is 2. The van der Waals surface area contributed by atoms with E-state index in [1.807, 2.05) is 30.3 Å². The van der Waals surface area contributed by atoms with Crippen LogP contribution in [0.1, 0.15) is 15.9 Å². The average molecular weight is 387 g/mol. The molecule has 2 aromatic carbocycles. The van der Waals surface area contributed by atoms with Crippen molar-refractivity contribution in [2.75, 3.05) is 42.9 Å². The lowest BCUT2D eigenvalue weighted by molar-refractivity contribution is -0.114. The molecule has 0 aliphatic carbocycles. The van der Waals surface area contributed by atoms with E-state index >= 15 is 0 Å². The summed E-state index contributed by atoms with van der Waals surface area (Å²) in [5.74, 6) is -0.782. The standard InChI is InChI=1S/C22H21N5O2/c23-9-10-26-11-13-27(14-12-26)17-7-5-16(6-8-17)24-15-20-18-3-1-2-4-19(18)21(28)25-22(20)29/h1-8,15,24H,10-14H2,(H,25,28,29)/b20-15-. The first-order chi connectivity index (χ1) is 14.2. The maximum absolute atomic E-state index is 12.3. The molecule has 0 unspecified atom stereocenters. The van der Waals surface area contributed by atoms with Gasteiger partial charge in [0.25, 0.3) is 11.8 Å². The minimum absolute atomic E-state index is 0.373. The van der Waals surface area contributed by atoms with Gasteiger partial charge in [0, 0.05) is 54.9 Å². The van der Waals surface area contributed by atoms with Gasteiger partial charge in [-0.05, 0) is 30.3 Å². The summed E-state index contributed by atoms with van der Waals surface area (Å²) in [5.41, 5.74) is 3.53. The maximum atomic E-state index is 12.3. The van der Waals surface area contributed by atoms with Crippen LogP contribution in [0, 0.1) is 11.3 Å². The molecule has 2 amide bonds. The molecule has 2 heterocycles. The molecular weight excluding hydrogens is 366 g/mol. The Balaban J connectivity index is 1.45. The Bertz CT molecular complexity index is 999. The SMILES string of the molecule is N#CCN1CCN(c2ccc(N/C=C3\C(=O)NC(=O)c4ccccc43)cc2)CC1. The molecule has 0 saturated carbocycles. The molecule has 2 aliphatic rings. The number of hydrogen-bond acceptors (Lipinski definition) is 6. The van der Waals surface area contributed by atoms with Gasteiger partial charge in [0.2, 0.25) is 0 Å². The van der Waals surface area contributed by atoms with E-state index < -0.39 is 5.91 Å². The topological polar surface area (TPSA) is 88.5 Å². The predicted molar refractivity (Wildman–Crippen MR) is 111 cm³/mol. The molecule has 0 bridgehead atoms. The van der Waals surface area contributed by atoms with Crippen LogP contribution in [-0.2, 0) is 4.79 Å². The molecule has 2 aliphatic heterocycles. The minimum Gasteiger partial charge on any atom is -0.369 e. The van der Waals surface area contributed by atoms with Crippen molar-refractivity contribution < 1.29 is 9.59 Å². The Hall–Kier alpha value is -3.63. The van der Waals surface area contributed by atoms with Crippen molar-refractivity contribution in [2.24, 2.45) is 0 Å². The zero-order valence-corrected chi connectivity index (χ0v) is 15.9. The van der Waals surface area contributed by atoms with Gasteiger partial charge >= 0.3 is 0 Å². The lowest BCUT2D eigenvalue weighted by Crippen LogP contribution is -2.46. The number of amides is 2. The summed E-state index contributed by atoms with van der Waals surface area (Å²) in [4.78, 5) is 28.7. The van der Waals surface area contributed by atoms with Crippen LogP contribution in [0.4, 0.5) is 11.4 Å². The minimum atomic E-state index is -0.409. The molecule has 4 rings (SSSR count). The molecule has 1 saturated heterocycles. The van der Waals surface area contributed by atoms with Crippen LogP contribution in [0.25, 0.3) is 5.57 Å². The zero-order valence-electron chi connectivity index (χ0n) is 15.9. The number of nitriles is 1. The fourth-order valence-corrected chi connectivity index (χ4v) is 3.61. The second-order valence-corrected chi connectivity index (χ2v) is 7.00. The molecule has 0 atom stereocenters. The van der Waals surface area contributed by atoms with Crippen LogP contribution in [0.2, 0.25) is 0 Å². The summed E-state index contributed by atoms with van der Waals surface area (Å²) in [6.07, 6.45) is 1.64. The Morgan fingerprint density at radius 2 is 1.66 bits per heavy atom. The Morgan fingerprint density at radius 3 is 2.34 bits per heavy atom. The number of fused-ring (bicyclic) bond motifs is 1. The van der Waals surface area contributed by atoms with Gasteiger partial charge in [0.05, 0.1) is 18.2 Å². The molecule has 146 valence electrons. The summed E-state index contributed by atoms with van der Waals surface area (Å²) in [5, 5.41) is 14.3. The molecule has 29 heavy (non-hydrogen) atoms. The number of carbonyl (C=O) groups excluding carboxylic acids is 2. The molecule has 2 N–H and O–H groups in total. The van der Waals surface area contributed by atoms with Crippen LogP contribution < -0.4 is 15.5 Å². The number of hydrogen-bond donors (Lipinski definition) is 2. The highest BCUT2D eigenvalue weighted by Gasteiger charge is 2.26. The van der Waals surface area contributed by atoms with E-state index in [1.54, 1.807) is 24.4 Å². The summed E-state index contributed by atoms with van der Waals surface area (Å²) < 4.78 is 0. The van der Waals surface area contributed by atoms with E-state index in [1.165, 1.54) is 0 Å². The fraction of sp³-hybridized carbons (Fsp3) is 0.227. The van der Waals surface area contributed by atoms with Crippen LogP contribution >= 0.6 is 0 Å². The summed E-state index contributed by atoms with van der Waals surface area (Å²) in [6, 6.07) is 17.3. The predicted octanol–water partition coefficient (Wildman–Crippen LogP) is 2.06. The van der Waals surface area contributed by atoms with Crippen molar-refractivity contribution in [1.29, 1.82) is 5.26 Å². The number of imide groups is 1. The monoisotopic (exact) mass is 387 g/mol. The van der Waals surface area contributed by atoms with Gasteiger partial charge in [0.1, 0.15) is 0 Å². The molecule has 0 radical (unpaired) electrons. The highest BCUT2D eigenvalue weighted by molar-refractivity contribution is 6.31. The van der Waals surface area contributed by atoms with Gasteiger partial charge in [-0.3, -0.25) is 19.8 Å². The normalized spacial score (nSPS) is 18.2. The Labute approximate surface area is 169 Å². The van der Waals surface area contributed by atoms with E-state index in [4.69, 9.17) is 5.26 Å². The molecule has 2 aromatic rings. The summed E-state index contributed by atoms with van der Waals surface area (Å²) in [7, 11) is 0. The number of rotatable bonds is 4.